The molecule has 1 aromatic carbocycles. The SMILES string of the molecule is Cc1nnc(Cn2ccc3c(CNC(C)C)cccc32)o1. The van der Waals surface area contributed by atoms with Crippen LogP contribution in [0, 0.1) is 6.92 Å². The zero-order valence-corrected chi connectivity index (χ0v) is 12.6. The van der Waals surface area contributed by atoms with E-state index < -0.39 is 0 Å². The number of aromatic nitrogens is 3. The molecule has 0 atom stereocenters. The molecule has 5 heteroatoms. The summed E-state index contributed by atoms with van der Waals surface area (Å²) in [7, 11) is 0. The number of nitrogens with zero attached hydrogens (tertiary/aromatic N) is 3. The molecular formula is C16H20N4O. The van der Waals surface area contributed by atoms with Crippen molar-refractivity contribution in [3.05, 3.63) is 47.8 Å². The highest BCUT2D eigenvalue weighted by molar-refractivity contribution is 5.83. The molecule has 2 aromatic heterocycles. The minimum absolute atomic E-state index is 0.476. The molecule has 21 heavy (non-hydrogen) atoms. The van der Waals surface area contributed by atoms with Crippen molar-refractivity contribution in [1.82, 2.24) is 20.1 Å². The maximum atomic E-state index is 5.46. The van der Waals surface area contributed by atoms with Gasteiger partial charge < -0.3 is 14.3 Å². The van der Waals surface area contributed by atoms with E-state index in [1.165, 1.54) is 16.5 Å². The largest absolute Gasteiger partial charge is 0.424 e. The van der Waals surface area contributed by atoms with E-state index in [0.29, 0.717) is 24.4 Å². The second-order valence-corrected chi connectivity index (χ2v) is 5.54. The molecule has 0 amide bonds. The van der Waals surface area contributed by atoms with Gasteiger partial charge in [0.25, 0.3) is 0 Å². The lowest BCUT2D eigenvalue weighted by molar-refractivity contribution is 0.457. The highest BCUT2D eigenvalue weighted by Gasteiger charge is 2.09. The summed E-state index contributed by atoms with van der Waals surface area (Å²) in [6.07, 6.45) is 2.07. The van der Waals surface area contributed by atoms with Gasteiger partial charge in [-0.3, -0.25) is 0 Å². The molecule has 3 rings (SSSR count). The quantitative estimate of drug-likeness (QED) is 0.782. The maximum absolute atomic E-state index is 5.46. The van der Waals surface area contributed by atoms with Crippen LogP contribution in [-0.4, -0.2) is 20.8 Å². The van der Waals surface area contributed by atoms with E-state index in [9.17, 15) is 0 Å². The van der Waals surface area contributed by atoms with Gasteiger partial charge in [-0.25, -0.2) is 0 Å². The molecule has 0 aliphatic rings. The van der Waals surface area contributed by atoms with Gasteiger partial charge in [0.15, 0.2) is 0 Å². The van der Waals surface area contributed by atoms with Gasteiger partial charge in [0.2, 0.25) is 11.8 Å². The van der Waals surface area contributed by atoms with Gasteiger partial charge in [-0.15, -0.1) is 10.2 Å². The molecule has 0 saturated carbocycles. The zero-order chi connectivity index (χ0) is 14.8. The number of hydrogen-bond donors (Lipinski definition) is 1. The third-order valence-electron chi connectivity index (χ3n) is 3.48. The minimum Gasteiger partial charge on any atom is -0.424 e. The molecule has 0 fully saturated rings. The predicted octanol–water partition coefficient (Wildman–Crippen LogP) is 2.88. The smallest absolute Gasteiger partial charge is 0.236 e. The first-order chi connectivity index (χ1) is 10.1. The highest BCUT2D eigenvalue weighted by atomic mass is 16.4. The molecular weight excluding hydrogens is 264 g/mol. The maximum Gasteiger partial charge on any atom is 0.236 e. The summed E-state index contributed by atoms with van der Waals surface area (Å²) in [6.45, 7) is 7.59. The fourth-order valence-corrected chi connectivity index (χ4v) is 2.44. The van der Waals surface area contributed by atoms with E-state index in [-0.39, 0.29) is 0 Å². The summed E-state index contributed by atoms with van der Waals surface area (Å²) in [5.41, 5.74) is 2.50. The fourth-order valence-electron chi connectivity index (χ4n) is 2.44. The lowest BCUT2D eigenvalue weighted by Crippen LogP contribution is -2.21. The first-order valence-electron chi connectivity index (χ1n) is 7.22. The molecule has 2 heterocycles. The monoisotopic (exact) mass is 284 g/mol. The number of benzene rings is 1. The van der Waals surface area contributed by atoms with E-state index in [1.807, 2.05) is 0 Å². The number of aryl methyl sites for hydroxylation is 1. The van der Waals surface area contributed by atoms with Gasteiger partial charge >= 0.3 is 0 Å². The Balaban J connectivity index is 1.89. The standard InChI is InChI=1S/C16H20N4O/c1-11(2)17-9-13-5-4-6-15-14(13)7-8-20(15)10-16-19-18-12(3)21-16/h4-8,11,17H,9-10H2,1-3H3. The average Bonchev–Trinajstić information content (AvgIpc) is 3.04. The van der Waals surface area contributed by atoms with Crippen molar-refractivity contribution in [2.45, 2.75) is 39.9 Å². The average molecular weight is 284 g/mol. The van der Waals surface area contributed by atoms with Crippen LogP contribution in [0.25, 0.3) is 10.9 Å². The van der Waals surface area contributed by atoms with Crippen LogP contribution < -0.4 is 5.32 Å². The third kappa shape index (κ3) is 2.97. The van der Waals surface area contributed by atoms with E-state index in [2.05, 4.69) is 64.4 Å². The summed E-state index contributed by atoms with van der Waals surface area (Å²) >= 11 is 0. The summed E-state index contributed by atoms with van der Waals surface area (Å²) in [5.74, 6) is 1.24. The molecule has 110 valence electrons. The molecule has 0 unspecified atom stereocenters. The Morgan fingerprint density at radius 1 is 1.24 bits per heavy atom. The van der Waals surface area contributed by atoms with E-state index >= 15 is 0 Å². The molecule has 0 aliphatic heterocycles. The molecule has 1 N–H and O–H groups in total. The Kier molecular flexibility index (Phi) is 3.75. The van der Waals surface area contributed by atoms with Crippen molar-refractivity contribution < 1.29 is 4.42 Å². The Hall–Kier alpha value is -2.14. The van der Waals surface area contributed by atoms with Gasteiger partial charge in [-0.05, 0) is 17.7 Å². The van der Waals surface area contributed by atoms with Crippen LogP contribution in [0.4, 0.5) is 0 Å². The van der Waals surface area contributed by atoms with Gasteiger partial charge in [-0.1, -0.05) is 26.0 Å². The number of hydrogen-bond acceptors (Lipinski definition) is 4. The number of nitrogens with one attached hydrogen (secondary N) is 1. The molecule has 0 spiro atoms. The van der Waals surface area contributed by atoms with Crippen molar-refractivity contribution in [2.75, 3.05) is 0 Å². The first-order valence-corrected chi connectivity index (χ1v) is 7.22. The highest BCUT2D eigenvalue weighted by Crippen LogP contribution is 2.21. The van der Waals surface area contributed by atoms with Gasteiger partial charge in [0.05, 0.1) is 0 Å². The molecule has 0 aliphatic carbocycles. The van der Waals surface area contributed by atoms with E-state index in [1.54, 1.807) is 6.92 Å². The van der Waals surface area contributed by atoms with Crippen molar-refractivity contribution in [2.24, 2.45) is 0 Å². The van der Waals surface area contributed by atoms with Crippen molar-refractivity contribution in [3.8, 4) is 0 Å². The van der Waals surface area contributed by atoms with Crippen LogP contribution in [0.5, 0.6) is 0 Å². The predicted molar refractivity (Wildman–Crippen MR) is 82.1 cm³/mol. The Morgan fingerprint density at radius 2 is 2.10 bits per heavy atom. The van der Waals surface area contributed by atoms with Crippen LogP contribution in [-0.2, 0) is 13.1 Å². The topological polar surface area (TPSA) is 55.9 Å². The summed E-state index contributed by atoms with van der Waals surface area (Å²) in [4.78, 5) is 0. The van der Waals surface area contributed by atoms with Crippen molar-refractivity contribution in [3.63, 3.8) is 0 Å². The molecule has 5 nitrogen and oxygen atoms in total. The Morgan fingerprint density at radius 3 is 2.81 bits per heavy atom. The summed E-state index contributed by atoms with van der Waals surface area (Å²) in [5, 5.41) is 12.7. The lowest BCUT2D eigenvalue weighted by atomic mass is 10.1. The first kappa shape index (κ1) is 13.8. The van der Waals surface area contributed by atoms with Crippen LogP contribution in [0.1, 0.15) is 31.2 Å². The minimum atomic E-state index is 0.476. The molecule has 0 radical (unpaired) electrons. The van der Waals surface area contributed by atoms with Crippen molar-refractivity contribution >= 4 is 10.9 Å². The zero-order valence-electron chi connectivity index (χ0n) is 12.6. The van der Waals surface area contributed by atoms with Gasteiger partial charge in [0.1, 0.15) is 6.54 Å². The van der Waals surface area contributed by atoms with E-state index in [0.717, 1.165) is 6.54 Å². The normalized spacial score (nSPS) is 11.6. The van der Waals surface area contributed by atoms with Crippen LogP contribution in [0.15, 0.2) is 34.9 Å². The molecule has 0 saturated heterocycles. The fraction of sp³-hybridized carbons (Fsp3) is 0.375. The van der Waals surface area contributed by atoms with Gasteiger partial charge in [-0.2, -0.15) is 0 Å². The summed E-state index contributed by atoms with van der Waals surface area (Å²) in [6, 6.07) is 9.00. The third-order valence-corrected chi connectivity index (χ3v) is 3.48. The Bertz CT molecular complexity index is 742. The van der Waals surface area contributed by atoms with Crippen LogP contribution in [0.2, 0.25) is 0 Å². The molecule has 0 bridgehead atoms. The number of rotatable bonds is 5. The van der Waals surface area contributed by atoms with Crippen LogP contribution in [0.3, 0.4) is 0 Å². The summed E-state index contributed by atoms with van der Waals surface area (Å²) < 4.78 is 7.60. The number of fused-ring (bicyclic) bond motifs is 1. The Labute approximate surface area is 124 Å². The second-order valence-electron chi connectivity index (χ2n) is 5.54. The van der Waals surface area contributed by atoms with Crippen LogP contribution >= 0.6 is 0 Å². The van der Waals surface area contributed by atoms with Gasteiger partial charge in [0, 0.05) is 36.6 Å². The lowest BCUT2D eigenvalue weighted by Gasteiger charge is -2.09. The van der Waals surface area contributed by atoms with E-state index in [4.69, 9.17) is 4.42 Å². The second kappa shape index (κ2) is 5.69. The van der Waals surface area contributed by atoms with Crippen molar-refractivity contribution in [1.29, 1.82) is 0 Å². The molecule has 3 aromatic rings.